The molecule has 0 unspecified atom stereocenters. The van der Waals surface area contributed by atoms with Crippen molar-refractivity contribution in [2.45, 2.75) is 13.8 Å². The van der Waals surface area contributed by atoms with Crippen molar-refractivity contribution in [2.24, 2.45) is 0 Å². The lowest BCUT2D eigenvalue weighted by atomic mass is 10.3. The molecule has 1 N–H and O–H groups in total. The van der Waals surface area contributed by atoms with E-state index in [9.17, 15) is 4.79 Å². The second-order valence-electron chi connectivity index (χ2n) is 4.12. The van der Waals surface area contributed by atoms with Gasteiger partial charge in [0.05, 0.1) is 16.4 Å². The normalized spacial score (nSPS) is 9.81. The molecule has 3 aromatic rings. The van der Waals surface area contributed by atoms with Crippen LogP contribution in [-0.2, 0) is 0 Å². The molecule has 21 heavy (non-hydrogen) atoms. The van der Waals surface area contributed by atoms with Crippen molar-refractivity contribution in [1.29, 1.82) is 0 Å². The fraction of sp³-hybridized carbons (Fsp3) is 0.143. The van der Waals surface area contributed by atoms with E-state index in [1.165, 1.54) is 4.80 Å². The highest BCUT2D eigenvalue weighted by molar-refractivity contribution is 7.09. The Kier molecular flexibility index (Phi) is 4.78. The molecule has 0 aliphatic heterocycles. The van der Waals surface area contributed by atoms with Crippen LogP contribution in [0.2, 0.25) is 0 Å². The van der Waals surface area contributed by atoms with Gasteiger partial charge in [0.15, 0.2) is 5.69 Å². The van der Waals surface area contributed by atoms with E-state index in [1.807, 2.05) is 42.6 Å². The van der Waals surface area contributed by atoms with Gasteiger partial charge in [0.25, 0.3) is 0 Å². The highest BCUT2D eigenvalue weighted by Crippen LogP contribution is 2.07. The predicted molar refractivity (Wildman–Crippen MR) is 79.9 cm³/mol. The molecule has 0 aliphatic carbocycles. The first-order valence-electron chi connectivity index (χ1n) is 6.16. The van der Waals surface area contributed by atoms with Crippen LogP contribution >= 0.6 is 11.3 Å². The molecule has 3 rings (SSSR count). The summed E-state index contributed by atoms with van der Waals surface area (Å²) >= 11 is 1.67. The lowest BCUT2D eigenvalue weighted by molar-refractivity contribution is 0.0689. The number of nitrogens with zero attached hydrogens (tertiary/aromatic N) is 4. The number of thiazole rings is 1. The third kappa shape index (κ3) is 3.96. The number of carboxylic acid groups (broad SMARTS) is 1. The van der Waals surface area contributed by atoms with Crippen LogP contribution in [-0.4, -0.2) is 31.1 Å². The van der Waals surface area contributed by atoms with Crippen LogP contribution in [0.1, 0.15) is 21.2 Å². The SMILES string of the molecule is Cc1nccs1.Cc1nn(-c2ccccc2)nc1C(=O)O. The lowest BCUT2D eigenvalue weighted by Crippen LogP contribution is -2.02. The Balaban J connectivity index is 0.000000225. The Morgan fingerprint density at radius 2 is 1.90 bits per heavy atom. The molecule has 0 amide bonds. The first kappa shape index (κ1) is 14.9. The Morgan fingerprint density at radius 1 is 1.19 bits per heavy atom. The lowest BCUT2D eigenvalue weighted by Gasteiger charge is -1.96. The van der Waals surface area contributed by atoms with E-state index in [0.717, 1.165) is 10.7 Å². The van der Waals surface area contributed by atoms with E-state index in [4.69, 9.17) is 5.11 Å². The van der Waals surface area contributed by atoms with Gasteiger partial charge in [0, 0.05) is 11.6 Å². The van der Waals surface area contributed by atoms with Crippen LogP contribution < -0.4 is 0 Å². The van der Waals surface area contributed by atoms with Crippen LogP contribution in [0, 0.1) is 13.8 Å². The minimum Gasteiger partial charge on any atom is -0.476 e. The molecule has 0 spiro atoms. The quantitative estimate of drug-likeness (QED) is 0.787. The van der Waals surface area contributed by atoms with Gasteiger partial charge < -0.3 is 5.11 Å². The third-order valence-corrected chi connectivity index (χ3v) is 3.23. The van der Waals surface area contributed by atoms with Gasteiger partial charge >= 0.3 is 5.97 Å². The highest BCUT2D eigenvalue weighted by Gasteiger charge is 2.14. The van der Waals surface area contributed by atoms with Crippen molar-refractivity contribution in [3.05, 3.63) is 58.3 Å². The summed E-state index contributed by atoms with van der Waals surface area (Å²) in [7, 11) is 0. The van der Waals surface area contributed by atoms with Crippen LogP contribution in [0.3, 0.4) is 0 Å². The molecule has 0 saturated heterocycles. The minimum absolute atomic E-state index is 0.0150. The van der Waals surface area contributed by atoms with Gasteiger partial charge in [-0.05, 0) is 26.0 Å². The highest BCUT2D eigenvalue weighted by atomic mass is 32.1. The zero-order valence-electron chi connectivity index (χ0n) is 11.6. The Hall–Kier alpha value is -2.54. The summed E-state index contributed by atoms with van der Waals surface area (Å²) in [4.78, 5) is 16.0. The number of rotatable bonds is 2. The van der Waals surface area contributed by atoms with Gasteiger partial charge in [0.1, 0.15) is 0 Å². The van der Waals surface area contributed by atoms with Crippen molar-refractivity contribution < 1.29 is 9.90 Å². The van der Waals surface area contributed by atoms with Crippen LogP contribution in [0.4, 0.5) is 0 Å². The molecule has 1 aromatic carbocycles. The van der Waals surface area contributed by atoms with Crippen LogP contribution in [0.25, 0.3) is 5.69 Å². The minimum atomic E-state index is -1.06. The average molecular weight is 302 g/mol. The molecule has 0 aliphatic rings. The van der Waals surface area contributed by atoms with Gasteiger partial charge in [0.2, 0.25) is 0 Å². The molecular formula is C14H14N4O2S. The summed E-state index contributed by atoms with van der Waals surface area (Å²) in [5.74, 6) is -1.06. The first-order chi connectivity index (χ1) is 10.1. The molecule has 2 heterocycles. The van der Waals surface area contributed by atoms with Crippen molar-refractivity contribution in [1.82, 2.24) is 20.0 Å². The topological polar surface area (TPSA) is 80.9 Å². The van der Waals surface area contributed by atoms with Crippen molar-refractivity contribution >= 4 is 17.3 Å². The van der Waals surface area contributed by atoms with Crippen molar-refractivity contribution in [3.8, 4) is 5.69 Å². The maximum absolute atomic E-state index is 10.8. The Labute approximate surface area is 125 Å². The molecule has 0 bridgehead atoms. The molecule has 0 radical (unpaired) electrons. The van der Waals surface area contributed by atoms with Gasteiger partial charge in [-0.2, -0.15) is 9.90 Å². The average Bonchev–Trinajstić information content (AvgIpc) is 3.09. The molecule has 0 atom stereocenters. The van der Waals surface area contributed by atoms with Gasteiger partial charge in [-0.15, -0.1) is 16.4 Å². The summed E-state index contributed by atoms with van der Waals surface area (Å²) in [5.41, 5.74) is 1.14. The first-order valence-corrected chi connectivity index (χ1v) is 7.04. The summed E-state index contributed by atoms with van der Waals surface area (Å²) in [6, 6.07) is 9.18. The maximum atomic E-state index is 10.8. The predicted octanol–water partition coefficient (Wildman–Crippen LogP) is 2.73. The smallest absolute Gasteiger partial charge is 0.358 e. The number of aromatic nitrogens is 4. The fourth-order valence-electron chi connectivity index (χ4n) is 1.55. The van der Waals surface area contributed by atoms with E-state index < -0.39 is 5.97 Å². The zero-order chi connectivity index (χ0) is 15.2. The largest absolute Gasteiger partial charge is 0.476 e. The molecule has 0 fully saturated rings. The van der Waals surface area contributed by atoms with E-state index in [-0.39, 0.29) is 5.69 Å². The molecule has 108 valence electrons. The Morgan fingerprint density at radius 3 is 2.33 bits per heavy atom. The van der Waals surface area contributed by atoms with Gasteiger partial charge in [-0.25, -0.2) is 4.79 Å². The maximum Gasteiger partial charge on any atom is 0.358 e. The second-order valence-corrected chi connectivity index (χ2v) is 5.21. The number of para-hydroxylation sites is 1. The Bertz CT molecular complexity index is 708. The van der Waals surface area contributed by atoms with E-state index in [2.05, 4.69) is 15.2 Å². The molecule has 6 nitrogen and oxygen atoms in total. The van der Waals surface area contributed by atoms with E-state index in [0.29, 0.717) is 5.69 Å². The van der Waals surface area contributed by atoms with Crippen LogP contribution in [0.5, 0.6) is 0 Å². The standard InChI is InChI=1S/C10H9N3O2.C4H5NS/c1-7-9(10(14)15)12-13(11-7)8-5-3-2-4-6-8;1-4-5-2-3-6-4/h2-6H,1H3,(H,14,15);2-3H,1H3. The molecule has 0 saturated carbocycles. The monoisotopic (exact) mass is 302 g/mol. The number of benzene rings is 1. The van der Waals surface area contributed by atoms with Gasteiger partial charge in [-0.3, -0.25) is 4.98 Å². The van der Waals surface area contributed by atoms with Crippen LogP contribution in [0.15, 0.2) is 41.9 Å². The fourth-order valence-corrected chi connectivity index (χ4v) is 1.99. The number of aromatic carboxylic acids is 1. The number of aryl methyl sites for hydroxylation is 2. The number of hydrogen-bond donors (Lipinski definition) is 1. The number of carbonyl (C=O) groups is 1. The van der Waals surface area contributed by atoms with E-state index in [1.54, 1.807) is 24.5 Å². The molecular weight excluding hydrogens is 288 g/mol. The second kappa shape index (κ2) is 6.76. The summed E-state index contributed by atoms with van der Waals surface area (Å²) in [6.45, 7) is 3.61. The van der Waals surface area contributed by atoms with Crippen molar-refractivity contribution in [3.63, 3.8) is 0 Å². The van der Waals surface area contributed by atoms with Gasteiger partial charge in [-0.1, -0.05) is 18.2 Å². The number of hydrogen-bond acceptors (Lipinski definition) is 5. The van der Waals surface area contributed by atoms with E-state index >= 15 is 0 Å². The summed E-state index contributed by atoms with van der Waals surface area (Å²) in [6.07, 6.45) is 1.81. The third-order valence-electron chi connectivity index (χ3n) is 2.53. The zero-order valence-corrected chi connectivity index (χ0v) is 12.4. The number of carboxylic acids is 1. The van der Waals surface area contributed by atoms with Crippen molar-refractivity contribution in [2.75, 3.05) is 0 Å². The molecule has 7 heteroatoms. The molecule has 2 aromatic heterocycles. The summed E-state index contributed by atoms with van der Waals surface area (Å²) in [5, 5.41) is 19.8. The summed E-state index contributed by atoms with van der Waals surface area (Å²) < 4.78 is 0.